The largest absolute Gasteiger partial charge is 0.466 e. The van der Waals surface area contributed by atoms with Gasteiger partial charge in [-0.3, -0.25) is 9.10 Å². The third kappa shape index (κ3) is 3.73. The topological polar surface area (TPSA) is 93.2 Å². The van der Waals surface area contributed by atoms with E-state index in [1.54, 1.807) is 13.8 Å². The van der Waals surface area contributed by atoms with Crippen molar-refractivity contribution in [1.29, 1.82) is 0 Å². The Bertz CT molecular complexity index is 542. The van der Waals surface area contributed by atoms with Gasteiger partial charge in [-0.2, -0.15) is 12.7 Å². The van der Waals surface area contributed by atoms with Crippen LogP contribution in [0.2, 0.25) is 0 Å². The van der Waals surface area contributed by atoms with Crippen LogP contribution < -0.4 is 0 Å². The lowest BCUT2D eigenvalue weighted by molar-refractivity contribution is -0.144. The molecule has 0 radical (unpaired) electrons. The van der Waals surface area contributed by atoms with Crippen molar-refractivity contribution in [3.63, 3.8) is 0 Å². The summed E-state index contributed by atoms with van der Waals surface area (Å²) in [7, 11) is -1.14. The van der Waals surface area contributed by atoms with E-state index < -0.39 is 28.2 Å². The molecular formula is C12H20N2O6S. The second kappa shape index (κ2) is 6.90. The first kappa shape index (κ1) is 17.4. The smallest absolute Gasteiger partial charge is 0.337 e. The van der Waals surface area contributed by atoms with Gasteiger partial charge in [0.2, 0.25) is 0 Å². The zero-order valence-electron chi connectivity index (χ0n) is 12.5. The molecule has 0 spiro atoms. The predicted octanol–water partition coefficient (Wildman–Crippen LogP) is -0.123. The quantitative estimate of drug-likeness (QED) is 0.656. The molecule has 0 aliphatic carbocycles. The van der Waals surface area contributed by atoms with Crippen molar-refractivity contribution in [3.8, 4) is 0 Å². The first-order valence-corrected chi connectivity index (χ1v) is 7.90. The molecule has 0 bridgehead atoms. The van der Waals surface area contributed by atoms with Gasteiger partial charge in [0, 0.05) is 20.3 Å². The molecule has 1 unspecified atom stereocenters. The lowest BCUT2D eigenvalue weighted by Gasteiger charge is -2.35. The number of ether oxygens (including phenoxy) is 2. The highest BCUT2D eigenvalue weighted by atomic mass is 32.2. The molecule has 0 saturated carbocycles. The van der Waals surface area contributed by atoms with Crippen LogP contribution in [0.15, 0.2) is 11.8 Å². The number of carbonyl (C=O) groups is 2. The van der Waals surface area contributed by atoms with Gasteiger partial charge >= 0.3 is 22.1 Å². The Morgan fingerprint density at radius 1 is 1.19 bits per heavy atom. The molecule has 9 heteroatoms. The molecule has 0 aromatic rings. The highest BCUT2D eigenvalue weighted by Crippen LogP contribution is 2.26. The Hall–Kier alpha value is -1.61. The van der Waals surface area contributed by atoms with Crippen LogP contribution in [-0.4, -0.2) is 62.3 Å². The number of rotatable bonds is 5. The van der Waals surface area contributed by atoms with Crippen LogP contribution in [0, 0.1) is 0 Å². The molecule has 120 valence electrons. The van der Waals surface area contributed by atoms with E-state index in [2.05, 4.69) is 0 Å². The number of hydrogen-bond acceptors (Lipinski definition) is 6. The van der Waals surface area contributed by atoms with E-state index in [9.17, 15) is 18.0 Å². The first-order chi connectivity index (χ1) is 9.75. The van der Waals surface area contributed by atoms with Crippen LogP contribution in [0.25, 0.3) is 0 Å². The van der Waals surface area contributed by atoms with Crippen molar-refractivity contribution in [2.75, 3.05) is 27.3 Å². The summed E-state index contributed by atoms with van der Waals surface area (Å²) in [6.45, 7) is 3.63. The zero-order chi connectivity index (χ0) is 16.2. The third-order valence-corrected chi connectivity index (χ3v) is 4.84. The van der Waals surface area contributed by atoms with Crippen molar-refractivity contribution in [2.24, 2.45) is 0 Å². The minimum Gasteiger partial charge on any atom is -0.466 e. The Morgan fingerprint density at radius 3 is 2.29 bits per heavy atom. The molecule has 0 fully saturated rings. The number of esters is 2. The fourth-order valence-corrected chi connectivity index (χ4v) is 3.09. The van der Waals surface area contributed by atoms with E-state index in [-0.39, 0.29) is 25.2 Å². The maximum atomic E-state index is 12.1. The second-order valence-electron chi connectivity index (χ2n) is 4.37. The van der Waals surface area contributed by atoms with Crippen molar-refractivity contribution in [2.45, 2.75) is 26.3 Å². The Kier molecular flexibility index (Phi) is 5.73. The molecule has 0 saturated heterocycles. The molecule has 0 aromatic heterocycles. The third-order valence-electron chi connectivity index (χ3n) is 3.02. The summed E-state index contributed by atoms with van der Waals surface area (Å²) in [5.74, 6) is -1.23. The molecule has 1 aliphatic heterocycles. The lowest BCUT2D eigenvalue weighted by Crippen LogP contribution is -2.50. The van der Waals surface area contributed by atoms with E-state index in [1.807, 2.05) is 0 Å². The highest BCUT2D eigenvalue weighted by Gasteiger charge is 2.40. The molecule has 21 heavy (non-hydrogen) atoms. The summed E-state index contributed by atoms with van der Waals surface area (Å²) in [5.41, 5.74) is 0.102. The zero-order valence-corrected chi connectivity index (χ0v) is 13.3. The first-order valence-electron chi connectivity index (χ1n) is 6.51. The summed E-state index contributed by atoms with van der Waals surface area (Å²) in [6.07, 6.45) is 0.930. The van der Waals surface area contributed by atoms with Crippen molar-refractivity contribution >= 4 is 22.1 Å². The highest BCUT2D eigenvalue weighted by molar-refractivity contribution is 7.86. The van der Waals surface area contributed by atoms with E-state index in [4.69, 9.17) is 9.47 Å². The molecule has 1 aliphatic rings. The van der Waals surface area contributed by atoms with Gasteiger partial charge in [-0.05, 0) is 13.8 Å². The van der Waals surface area contributed by atoms with Crippen LogP contribution in [0.5, 0.6) is 0 Å². The fourth-order valence-electron chi connectivity index (χ4n) is 1.93. The maximum absolute atomic E-state index is 12.1. The Labute approximate surface area is 124 Å². The van der Waals surface area contributed by atoms with E-state index >= 15 is 0 Å². The maximum Gasteiger partial charge on any atom is 0.337 e. The summed E-state index contributed by atoms with van der Waals surface area (Å²) >= 11 is 0. The molecule has 1 atom stereocenters. The average molecular weight is 320 g/mol. The molecule has 0 amide bonds. The minimum atomic E-state index is -3.76. The molecule has 1 heterocycles. The predicted molar refractivity (Wildman–Crippen MR) is 74.2 cm³/mol. The van der Waals surface area contributed by atoms with Gasteiger partial charge in [-0.15, -0.1) is 0 Å². The fraction of sp³-hybridized carbons (Fsp3) is 0.667. The van der Waals surface area contributed by atoms with Crippen LogP contribution in [0.1, 0.15) is 20.3 Å². The van der Waals surface area contributed by atoms with Gasteiger partial charge in [0.1, 0.15) is 0 Å². The summed E-state index contributed by atoms with van der Waals surface area (Å²) in [4.78, 5) is 23.6. The lowest BCUT2D eigenvalue weighted by atomic mass is 10.1. The average Bonchev–Trinajstić information content (AvgIpc) is 2.40. The van der Waals surface area contributed by atoms with Gasteiger partial charge < -0.3 is 9.47 Å². The minimum absolute atomic E-state index is 0.102. The van der Waals surface area contributed by atoms with Crippen molar-refractivity contribution in [1.82, 2.24) is 8.61 Å². The van der Waals surface area contributed by atoms with Crippen molar-refractivity contribution in [3.05, 3.63) is 11.8 Å². The number of carbonyl (C=O) groups excluding carboxylic acids is 2. The van der Waals surface area contributed by atoms with Crippen LogP contribution in [0.4, 0.5) is 0 Å². The summed E-state index contributed by atoms with van der Waals surface area (Å²) < 4.78 is 35.8. The van der Waals surface area contributed by atoms with Gasteiger partial charge in [-0.1, -0.05) is 0 Å². The van der Waals surface area contributed by atoms with Crippen LogP contribution >= 0.6 is 0 Å². The van der Waals surface area contributed by atoms with Gasteiger partial charge in [0.15, 0.2) is 0 Å². The number of hydrogen-bond donors (Lipinski definition) is 0. The van der Waals surface area contributed by atoms with Crippen molar-refractivity contribution < 1.29 is 27.5 Å². The summed E-state index contributed by atoms with van der Waals surface area (Å²) in [6, 6.07) is -0.940. The molecule has 0 N–H and O–H groups in total. The van der Waals surface area contributed by atoms with Crippen LogP contribution in [0.3, 0.4) is 0 Å². The SMILES string of the molecule is CCOC(=O)CC1C(C(=O)OCC)=CN(C)S(=O)(=O)N1C. The van der Waals surface area contributed by atoms with Gasteiger partial charge in [-0.25, -0.2) is 4.79 Å². The molecular weight excluding hydrogens is 300 g/mol. The van der Waals surface area contributed by atoms with Crippen LogP contribution in [-0.2, 0) is 29.3 Å². The molecule has 1 rings (SSSR count). The normalized spacial score (nSPS) is 21.6. The summed E-state index contributed by atoms with van der Waals surface area (Å²) in [5, 5.41) is 0. The Morgan fingerprint density at radius 2 is 1.76 bits per heavy atom. The second-order valence-corrected chi connectivity index (χ2v) is 6.42. The number of likely N-dealkylation sites (N-methyl/N-ethyl adjacent to an activating group) is 1. The van der Waals surface area contributed by atoms with E-state index in [0.717, 1.165) is 8.61 Å². The number of nitrogens with zero attached hydrogens (tertiary/aromatic N) is 2. The van der Waals surface area contributed by atoms with Gasteiger partial charge in [0.25, 0.3) is 0 Å². The van der Waals surface area contributed by atoms with E-state index in [1.165, 1.54) is 20.3 Å². The molecule has 8 nitrogen and oxygen atoms in total. The monoisotopic (exact) mass is 320 g/mol. The van der Waals surface area contributed by atoms with Gasteiger partial charge in [0.05, 0.1) is 31.2 Å². The standard InChI is InChI=1S/C12H20N2O6S/c1-5-19-11(15)7-10-9(12(16)20-6-2)8-13(3)21(17,18)14(10)4/h8,10H,5-7H2,1-4H3. The van der Waals surface area contributed by atoms with E-state index in [0.29, 0.717) is 0 Å². The molecule has 0 aromatic carbocycles. The Balaban J connectivity index is 3.15.